The van der Waals surface area contributed by atoms with E-state index in [0.29, 0.717) is 29.5 Å². The molecule has 0 radical (unpaired) electrons. The molecule has 3 N–H and O–H groups in total. The van der Waals surface area contributed by atoms with Crippen LogP contribution in [0.2, 0.25) is 5.02 Å². The molecular formula is C32H47ClN4O7S. The summed E-state index contributed by atoms with van der Waals surface area (Å²) in [5, 5.41) is 16.1. The summed E-state index contributed by atoms with van der Waals surface area (Å²) in [6.45, 7) is 9.59. The van der Waals surface area contributed by atoms with Gasteiger partial charge in [0.1, 0.15) is 5.75 Å². The van der Waals surface area contributed by atoms with E-state index in [0.717, 1.165) is 12.8 Å². The van der Waals surface area contributed by atoms with Crippen LogP contribution < -0.4 is 15.4 Å². The Morgan fingerprint density at radius 2 is 1.82 bits per heavy atom. The fourth-order valence-corrected chi connectivity index (χ4v) is 6.34. The number of hydrogen-bond acceptors (Lipinski definition) is 7. The summed E-state index contributed by atoms with van der Waals surface area (Å²) in [4.78, 5) is 28.3. The number of anilines is 1. The molecule has 3 rings (SSSR count). The van der Waals surface area contributed by atoms with Crippen LogP contribution in [-0.4, -0.2) is 92.3 Å². The van der Waals surface area contributed by atoms with Crippen LogP contribution in [0.15, 0.2) is 47.4 Å². The molecular weight excluding hydrogens is 620 g/mol. The maximum Gasteiger partial charge on any atom is 0.319 e. The van der Waals surface area contributed by atoms with E-state index in [1.165, 1.54) is 35.6 Å². The number of amides is 3. The number of carbonyl (C=O) groups excluding carboxylic acids is 2. The van der Waals surface area contributed by atoms with Crippen molar-refractivity contribution >= 4 is 39.2 Å². The Balaban J connectivity index is 1.96. The lowest BCUT2D eigenvalue weighted by atomic mass is 10.0. The summed E-state index contributed by atoms with van der Waals surface area (Å²) in [5.74, 6) is -0.338. The van der Waals surface area contributed by atoms with Crippen LogP contribution in [0, 0.1) is 5.92 Å². The summed E-state index contributed by atoms with van der Waals surface area (Å²) >= 11 is 5.97. The number of rotatable bonds is 8. The molecule has 0 fully saturated rings. The van der Waals surface area contributed by atoms with E-state index in [-0.39, 0.29) is 48.2 Å². The maximum atomic E-state index is 14.2. The minimum Gasteiger partial charge on any atom is -0.490 e. The predicted octanol–water partition coefficient (Wildman–Crippen LogP) is 4.99. The quantitative estimate of drug-likeness (QED) is 0.361. The van der Waals surface area contributed by atoms with Gasteiger partial charge < -0.3 is 30.1 Å². The lowest BCUT2D eigenvalue weighted by Crippen LogP contribution is -2.48. The highest BCUT2D eigenvalue weighted by Gasteiger charge is 2.32. The molecule has 0 spiro atoms. The molecule has 3 amide bonds. The molecule has 2 aromatic rings. The molecule has 0 aromatic heterocycles. The van der Waals surface area contributed by atoms with Gasteiger partial charge in [-0.25, -0.2) is 13.2 Å². The number of sulfonamides is 1. The summed E-state index contributed by atoms with van der Waals surface area (Å²) in [6, 6.07) is 9.88. The van der Waals surface area contributed by atoms with Gasteiger partial charge >= 0.3 is 6.03 Å². The zero-order valence-corrected chi connectivity index (χ0v) is 28.5. The average Bonchev–Trinajstić information content (AvgIpc) is 2.98. The second kappa shape index (κ2) is 16.6. The number of aliphatic hydroxyl groups is 1. The van der Waals surface area contributed by atoms with E-state index in [4.69, 9.17) is 21.1 Å². The van der Waals surface area contributed by atoms with Crippen molar-refractivity contribution in [1.82, 2.24) is 14.5 Å². The predicted molar refractivity (Wildman–Crippen MR) is 175 cm³/mol. The van der Waals surface area contributed by atoms with Crippen molar-refractivity contribution in [3.05, 3.63) is 53.1 Å². The number of aliphatic hydroxyl groups excluding tert-OH is 1. The van der Waals surface area contributed by atoms with Crippen molar-refractivity contribution in [2.45, 2.75) is 83.1 Å². The fraction of sp³-hybridized carbons (Fsp3) is 0.562. The molecule has 1 aliphatic heterocycles. The van der Waals surface area contributed by atoms with Crippen LogP contribution >= 0.6 is 11.6 Å². The van der Waals surface area contributed by atoms with E-state index in [1.54, 1.807) is 30.0 Å². The fourth-order valence-electron chi connectivity index (χ4n) is 5.03. The highest BCUT2D eigenvalue weighted by atomic mass is 35.5. The van der Waals surface area contributed by atoms with Gasteiger partial charge in [0, 0.05) is 49.4 Å². The van der Waals surface area contributed by atoms with E-state index in [9.17, 15) is 23.1 Å². The smallest absolute Gasteiger partial charge is 0.319 e. The SMILES string of the molecule is CC(C)NC(=O)Nc1ccc2c(c1)C(=O)N([C@@H](C)CO)C[C@@H](C)[C@H](CN(C)S(=O)(=O)c1ccc(Cl)cc1)OCCCC[C@@H](C)O2. The topological polar surface area (TPSA) is 138 Å². The van der Waals surface area contributed by atoms with Crippen LogP contribution in [0.25, 0.3) is 0 Å². The number of urea groups is 1. The van der Waals surface area contributed by atoms with Gasteiger partial charge in [-0.05, 0) is 89.4 Å². The minimum absolute atomic E-state index is 0.0524. The number of ether oxygens (including phenoxy) is 2. The minimum atomic E-state index is -3.84. The van der Waals surface area contributed by atoms with E-state index in [1.807, 2.05) is 27.7 Å². The van der Waals surface area contributed by atoms with Gasteiger partial charge in [0.15, 0.2) is 0 Å². The zero-order chi connectivity index (χ0) is 33.3. The molecule has 0 saturated heterocycles. The summed E-state index contributed by atoms with van der Waals surface area (Å²) < 4.78 is 40.5. The number of likely N-dealkylation sites (N-methyl/N-ethyl adjacent to an activating group) is 1. The first-order chi connectivity index (χ1) is 21.2. The van der Waals surface area contributed by atoms with E-state index >= 15 is 0 Å². The molecule has 4 atom stereocenters. The Hall–Kier alpha value is -2.90. The number of benzene rings is 2. The molecule has 1 aliphatic rings. The Morgan fingerprint density at radius 1 is 1.13 bits per heavy atom. The first kappa shape index (κ1) is 36.6. The second-order valence-corrected chi connectivity index (χ2v) is 14.5. The van der Waals surface area contributed by atoms with Gasteiger partial charge in [0.05, 0.1) is 35.3 Å². The third kappa shape index (κ3) is 10.3. The van der Waals surface area contributed by atoms with Gasteiger partial charge in [-0.2, -0.15) is 4.31 Å². The van der Waals surface area contributed by atoms with Crippen molar-refractivity contribution in [2.75, 3.05) is 38.7 Å². The number of carbonyl (C=O) groups is 2. The van der Waals surface area contributed by atoms with Crippen LogP contribution in [0.1, 0.15) is 64.2 Å². The Kier molecular flexibility index (Phi) is 13.5. The number of halogens is 1. The third-order valence-corrected chi connectivity index (χ3v) is 9.78. The number of nitrogens with one attached hydrogen (secondary N) is 2. The van der Waals surface area contributed by atoms with Crippen molar-refractivity contribution < 1.29 is 32.6 Å². The van der Waals surface area contributed by atoms with Crippen LogP contribution in [-0.2, 0) is 14.8 Å². The molecule has 45 heavy (non-hydrogen) atoms. The van der Waals surface area contributed by atoms with Crippen LogP contribution in [0.3, 0.4) is 0 Å². The van der Waals surface area contributed by atoms with Crippen molar-refractivity contribution in [2.24, 2.45) is 5.92 Å². The molecule has 11 nitrogen and oxygen atoms in total. The van der Waals surface area contributed by atoms with Crippen LogP contribution in [0.5, 0.6) is 5.75 Å². The molecule has 0 bridgehead atoms. The van der Waals surface area contributed by atoms with Gasteiger partial charge in [0.2, 0.25) is 10.0 Å². The number of nitrogens with zero attached hydrogens (tertiary/aromatic N) is 2. The lowest BCUT2D eigenvalue weighted by molar-refractivity contribution is -0.00833. The number of hydrogen-bond donors (Lipinski definition) is 3. The molecule has 0 unspecified atom stereocenters. The first-order valence-corrected chi connectivity index (χ1v) is 17.2. The second-order valence-electron chi connectivity index (χ2n) is 12.0. The van der Waals surface area contributed by atoms with Crippen molar-refractivity contribution in [3.63, 3.8) is 0 Å². The maximum absolute atomic E-state index is 14.2. The van der Waals surface area contributed by atoms with Gasteiger partial charge in [-0.1, -0.05) is 18.5 Å². The Morgan fingerprint density at radius 3 is 2.47 bits per heavy atom. The van der Waals surface area contributed by atoms with Crippen molar-refractivity contribution in [3.8, 4) is 5.75 Å². The molecule has 2 aromatic carbocycles. The highest BCUT2D eigenvalue weighted by molar-refractivity contribution is 7.89. The van der Waals surface area contributed by atoms with Crippen LogP contribution in [0.4, 0.5) is 10.5 Å². The van der Waals surface area contributed by atoms with E-state index < -0.39 is 34.1 Å². The highest BCUT2D eigenvalue weighted by Crippen LogP contribution is 2.29. The molecule has 250 valence electrons. The third-order valence-electron chi connectivity index (χ3n) is 7.69. The summed E-state index contributed by atoms with van der Waals surface area (Å²) in [6.07, 6.45) is 1.47. The summed E-state index contributed by atoms with van der Waals surface area (Å²) in [7, 11) is -2.33. The van der Waals surface area contributed by atoms with E-state index in [2.05, 4.69) is 10.6 Å². The first-order valence-electron chi connectivity index (χ1n) is 15.4. The van der Waals surface area contributed by atoms with Gasteiger partial charge in [0.25, 0.3) is 5.91 Å². The van der Waals surface area contributed by atoms with Gasteiger partial charge in [-0.15, -0.1) is 0 Å². The normalized spacial score (nSPS) is 21.1. The molecule has 1 heterocycles. The molecule has 0 saturated carbocycles. The Bertz CT molecular complexity index is 1390. The largest absolute Gasteiger partial charge is 0.490 e. The molecule has 13 heteroatoms. The average molecular weight is 667 g/mol. The lowest BCUT2D eigenvalue weighted by Gasteiger charge is -2.35. The van der Waals surface area contributed by atoms with Crippen molar-refractivity contribution in [1.29, 1.82) is 0 Å². The zero-order valence-electron chi connectivity index (χ0n) is 27.0. The Labute approximate surface area is 272 Å². The summed E-state index contributed by atoms with van der Waals surface area (Å²) in [5.41, 5.74) is 0.658. The van der Waals surface area contributed by atoms with Gasteiger partial charge in [-0.3, -0.25) is 4.79 Å². The monoisotopic (exact) mass is 666 g/mol. The standard InChI is InChI=1S/C32H47ClN4O7S/c1-21(2)34-32(40)35-26-12-15-29-28(17-26)31(39)37(23(4)20-38)18-22(3)30(43-16-8-7-9-24(5)44-29)19-36(6)45(41,42)27-13-10-25(33)11-14-27/h10-15,17,21-24,30,38H,7-9,16,18-20H2,1-6H3,(H2,34,35,40)/t22-,23+,24-,30+/m1/s1. The number of fused-ring (bicyclic) bond motifs is 1. The molecule has 0 aliphatic carbocycles.